The van der Waals surface area contributed by atoms with Crippen LogP contribution in [0.2, 0.25) is 0 Å². The van der Waals surface area contributed by atoms with Crippen molar-refractivity contribution in [1.29, 1.82) is 0 Å². The van der Waals surface area contributed by atoms with E-state index in [9.17, 15) is 9.18 Å². The second kappa shape index (κ2) is 6.52. The topological polar surface area (TPSA) is 47.6 Å². The molecule has 5 heteroatoms. The third-order valence-electron chi connectivity index (χ3n) is 4.29. The highest BCUT2D eigenvalue weighted by Crippen LogP contribution is 2.38. The van der Waals surface area contributed by atoms with Crippen molar-refractivity contribution in [2.24, 2.45) is 0 Å². The van der Waals surface area contributed by atoms with E-state index in [1.165, 1.54) is 12.1 Å². The third kappa shape index (κ3) is 2.99. The summed E-state index contributed by atoms with van der Waals surface area (Å²) in [6.45, 7) is 2.24. The van der Waals surface area contributed by atoms with Gasteiger partial charge in [-0.15, -0.1) is 0 Å². The van der Waals surface area contributed by atoms with Crippen molar-refractivity contribution in [3.63, 3.8) is 0 Å². The number of aryl methyl sites for hydroxylation is 1. The smallest absolute Gasteiger partial charge is 0.258 e. The zero-order valence-corrected chi connectivity index (χ0v) is 14.1. The average molecular weight is 349 g/mol. The van der Waals surface area contributed by atoms with Crippen LogP contribution in [0.1, 0.15) is 15.9 Å². The molecule has 1 heterocycles. The van der Waals surface area contributed by atoms with Crippen molar-refractivity contribution in [3.8, 4) is 22.6 Å². The molecular weight excluding hydrogens is 333 g/mol. The van der Waals surface area contributed by atoms with E-state index < -0.39 is 11.7 Å². The van der Waals surface area contributed by atoms with Gasteiger partial charge in [-0.25, -0.2) is 4.39 Å². The summed E-state index contributed by atoms with van der Waals surface area (Å²) in [5.41, 5.74) is 3.70. The van der Waals surface area contributed by atoms with Gasteiger partial charge in [-0.05, 0) is 60.0 Å². The lowest BCUT2D eigenvalue weighted by molar-refractivity contribution is 0.102. The first-order valence-corrected chi connectivity index (χ1v) is 8.18. The zero-order valence-electron chi connectivity index (χ0n) is 14.1. The molecule has 4 rings (SSSR count). The number of benzene rings is 3. The van der Waals surface area contributed by atoms with Gasteiger partial charge < -0.3 is 14.8 Å². The van der Waals surface area contributed by atoms with E-state index in [1.807, 2.05) is 31.2 Å². The first-order valence-electron chi connectivity index (χ1n) is 8.18. The van der Waals surface area contributed by atoms with Crippen molar-refractivity contribution in [3.05, 3.63) is 77.6 Å². The minimum atomic E-state index is -0.544. The highest BCUT2D eigenvalue weighted by molar-refractivity contribution is 6.04. The molecule has 4 nitrogen and oxygen atoms in total. The van der Waals surface area contributed by atoms with Crippen LogP contribution in [-0.4, -0.2) is 12.7 Å². The summed E-state index contributed by atoms with van der Waals surface area (Å²) in [6, 6.07) is 17.2. The van der Waals surface area contributed by atoms with Crippen molar-refractivity contribution in [1.82, 2.24) is 0 Å². The SMILES string of the molecule is Cc1cc2c(cc1-c1ccc(NC(=O)c3ccccc3F)cc1)OCO2. The molecule has 3 aromatic rings. The Labute approximate surface area is 150 Å². The zero-order chi connectivity index (χ0) is 18.1. The molecule has 0 aliphatic carbocycles. The van der Waals surface area contributed by atoms with Crippen molar-refractivity contribution < 1.29 is 18.7 Å². The van der Waals surface area contributed by atoms with Gasteiger partial charge in [-0.2, -0.15) is 0 Å². The predicted octanol–water partition coefficient (Wildman–Crippen LogP) is 4.78. The average Bonchev–Trinajstić information content (AvgIpc) is 3.09. The fourth-order valence-electron chi connectivity index (χ4n) is 2.93. The second-order valence-corrected chi connectivity index (χ2v) is 6.03. The van der Waals surface area contributed by atoms with Gasteiger partial charge in [0.15, 0.2) is 11.5 Å². The van der Waals surface area contributed by atoms with E-state index >= 15 is 0 Å². The van der Waals surface area contributed by atoms with Crippen LogP contribution in [0.5, 0.6) is 11.5 Å². The largest absolute Gasteiger partial charge is 0.454 e. The highest BCUT2D eigenvalue weighted by atomic mass is 19.1. The first-order chi connectivity index (χ1) is 12.6. The Balaban J connectivity index is 1.56. The summed E-state index contributed by atoms with van der Waals surface area (Å²) in [5, 5.41) is 2.71. The number of hydrogen-bond acceptors (Lipinski definition) is 3. The summed E-state index contributed by atoms with van der Waals surface area (Å²) in [5.74, 6) is 0.454. The van der Waals surface area contributed by atoms with Crippen LogP contribution >= 0.6 is 0 Å². The summed E-state index contributed by atoms with van der Waals surface area (Å²) in [7, 11) is 0. The number of carbonyl (C=O) groups excluding carboxylic acids is 1. The van der Waals surface area contributed by atoms with Crippen LogP contribution in [-0.2, 0) is 0 Å². The van der Waals surface area contributed by atoms with Crippen LogP contribution in [0.3, 0.4) is 0 Å². The summed E-state index contributed by atoms with van der Waals surface area (Å²) in [4.78, 5) is 12.2. The summed E-state index contributed by atoms with van der Waals surface area (Å²) in [6.07, 6.45) is 0. The number of amides is 1. The number of nitrogens with one attached hydrogen (secondary N) is 1. The molecule has 1 amide bonds. The lowest BCUT2D eigenvalue weighted by Crippen LogP contribution is -2.13. The third-order valence-corrected chi connectivity index (χ3v) is 4.29. The minimum Gasteiger partial charge on any atom is -0.454 e. The van der Waals surface area contributed by atoms with E-state index in [-0.39, 0.29) is 12.4 Å². The molecule has 0 radical (unpaired) electrons. The maximum Gasteiger partial charge on any atom is 0.258 e. The molecule has 3 aromatic carbocycles. The molecule has 1 N–H and O–H groups in total. The quantitative estimate of drug-likeness (QED) is 0.740. The van der Waals surface area contributed by atoms with E-state index in [1.54, 1.807) is 24.3 Å². The molecule has 0 spiro atoms. The van der Waals surface area contributed by atoms with Crippen molar-refractivity contribution in [2.45, 2.75) is 6.92 Å². The first kappa shape index (κ1) is 16.1. The molecule has 26 heavy (non-hydrogen) atoms. The van der Waals surface area contributed by atoms with E-state index in [4.69, 9.17) is 9.47 Å². The van der Waals surface area contributed by atoms with E-state index in [2.05, 4.69) is 5.32 Å². The van der Waals surface area contributed by atoms with Gasteiger partial charge in [0.25, 0.3) is 5.91 Å². The second-order valence-electron chi connectivity index (χ2n) is 6.03. The summed E-state index contributed by atoms with van der Waals surface area (Å²) < 4.78 is 24.5. The van der Waals surface area contributed by atoms with Crippen LogP contribution in [0.15, 0.2) is 60.7 Å². The maximum atomic E-state index is 13.7. The molecule has 0 atom stereocenters. The van der Waals surface area contributed by atoms with Crippen LogP contribution in [0.4, 0.5) is 10.1 Å². The Morgan fingerprint density at radius 1 is 1.00 bits per heavy atom. The van der Waals surface area contributed by atoms with Gasteiger partial charge in [-0.1, -0.05) is 24.3 Å². The Kier molecular flexibility index (Phi) is 4.05. The number of carbonyl (C=O) groups is 1. The van der Waals surface area contributed by atoms with E-state index in [0.717, 1.165) is 28.2 Å². The number of ether oxygens (including phenoxy) is 2. The Morgan fingerprint density at radius 3 is 2.42 bits per heavy atom. The minimum absolute atomic E-state index is 0.0168. The molecule has 0 saturated carbocycles. The van der Waals surface area contributed by atoms with Crippen molar-refractivity contribution >= 4 is 11.6 Å². The molecule has 0 saturated heterocycles. The summed E-state index contributed by atoms with van der Waals surface area (Å²) >= 11 is 0. The molecule has 0 fully saturated rings. The molecule has 1 aliphatic rings. The Morgan fingerprint density at radius 2 is 1.69 bits per heavy atom. The highest BCUT2D eigenvalue weighted by Gasteiger charge is 2.16. The molecule has 0 aromatic heterocycles. The van der Waals surface area contributed by atoms with Gasteiger partial charge in [0, 0.05) is 5.69 Å². The van der Waals surface area contributed by atoms with Crippen LogP contribution in [0, 0.1) is 12.7 Å². The monoisotopic (exact) mass is 349 g/mol. The fourth-order valence-corrected chi connectivity index (χ4v) is 2.93. The molecule has 1 aliphatic heterocycles. The van der Waals surface area contributed by atoms with E-state index in [0.29, 0.717) is 5.69 Å². The Bertz CT molecular complexity index is 983. The number of rotatable bonds is 3. The normalized spacial score (nSPS) is 12.1. The molecule has 130 valence electrons. The number of halogens is 1. The maximum absolute atomic E-state index is 13.7. The molecule has 0 bridgehead atoms. The van der Waals surface area contributed by atoms with Gasteiger partial charge in [0.2, 0.25) is 6.79 Å². The van der Waals surface area contributed by atoms with Gasteiger partial charge >= 0.3 is 0 Å². The van der Waals surface area contributed by atoms with Gasteiger partial charge in [-0.3, -0.25) is 4.79 Å². The van der Waals surface area contributed by atoms with Crippen LogP contribution < -0.4 is 14.8 Å². The van der Waals surface area contributed by atoms with Crippen LogP contribution in [0.25, 0.3) is 11.1 Å². The Hall–Kier alpha value is -3.34. The molecule has 0 unspecified atom stereocenters. The predicted molar refractivity (Wildman–Crippen MR) is 97.1 cm³/mol. The lowest BCUT2D eigenvalue weighted by Gasteiger charge is -2.10. The number of fused-ring (bicyclic) bond motifs is 1. The standard InChI is InChI=1S/C21H16FNO3/c1-13-10-19-20(26-12-25-19)11-17(13)14-6-8-15(9-7-14)23-21(24)16-4-2-3-5-18(16)22/h2-11H,12H2,1H3,(H,23,24). The number of anilines is 1. The van der Waals surface area contributed by atoms with Gasteiger partial charge in [0.05, 0.1) is 5.56 Å². The lowest BCUT2D eigenvalue weighted by atomic mass is 9.99. The van der Waals surface area contributed by atoms with Crippen molar-refractivity contribution in [2.75, 3.05) is 12.1 Å². The molecular formula is C21H16FNO3. The van der Waals surface area contributed by atoms with Gasteiger partial charge in [0.1, 0.15) is 5.82 Å². The number of hydrogen-bond donors (Lipinski definition) is 1. The fraction of sp³-hybridized carbons (Fsp3) is 0.0952.